The largest absolute Gasteiger partial charge is 0.480 e. The Morgan fingerprint density at radius 3 is 2.25 bits per heavy atom. The molecule has 3 aromatic carbocycles. The lowest BCUT2D eigenvalue weighted by Crippen LogP contribution is -2.39. The van der Waals surface area contributed by atoms with Crippen molar-refractivity contribution in [1.29, 1.82) is 5.41 Å². The number of nitrogens with two attached hydrogens (primary N) is 1. The van der Waals surface area contributed by atoms with Gasteiger partial charge in [-0.2, -0.15) is 0 Å². The molecule has 0 aliphatic heterocycles. The quantitative estimate of drug-likeness (QED) is 0.130. The Morgan fingerprint density at radius 1 is 1.00 bits per heavy atom. The molecule has 0 fully saturated rings. The third kappa shape index (κ3) is 6.90. The normalized spacial score (nSPS) is 11.5. The zero-order valence-corrected chi connectivity index (χ0v) is 25.8. The van der Waals surface area contributed by atoms with Crippen LogP contribution in [0.4, 0.5) is 10.5 Å². The molecule has 12 nitrogen and oxygen atoms in total. The molecule has 0 radical (unpaired) electrons. The SMILES string of the molecule is CCN(CC)CCN(c1ccc2c(nc(Cc3ccc(C(=N)N)cc3)n2C(=O)NCC(=O)O)c1C)S(=O)(=O)c1ccccc1. The smallest absolute Gasteiger partial charge is 0.328 e. The molecule has 13 heteroatoms. The Morgan fingerprint density at radius 2 is 1.66 bits per heavy atom. The first-order valence-corrected chi connectivity index (χ1v) is 15.7. The number of carboxylic acids is 1. The lowest BCUT2D eigenvalue weighted by Gasteiger charge is -2.29. The first-order valence-electron chi connectivity index (χ1n) is 14.2. The Kier molecular flexibility index (Phi) is 10.0. The minimum atomic E-state index is -3.95. The summed E-state index contributed by atoms with van der Waals surface area (Å²) in [6, 6.07) is 17.8. The van der Waals surface area contributed by atoms with Gasteiger partial charge in [-0.15, -0.1) is 0 Å². The number of imidazole rings is 1. The number of nitrogens with zero attached hydrogens (tertiary/aromatic N) is 4. The number of hydrogen-bond donors (Lipinski definition) is 4. The molecule has 0 atom stereocenters. The van der Waals surface area contributed by atoms with Crippen LogP contribution >= 0.6 is 0 Å². The molecule has 0 saturated heterocycles. The molecule has 1 heterocycles. The van der Waals surface area contributed by atoms with E-state index in [4.69, 9.17) is 21.2 Å². The number of fused-ring (bicyclic) bond motifs is 1. The van der Waals surface area contributed by atoms with Gasteiger partial charge >= 0.3 is 12.0 Å². The van der Waals surface area contributed by atoms with Crippen molar-refractivity contribution in [3.8, 4) is 0 Å². The molecular weight excluding hydrogens is 582 g/mol. The summed E-state index contributed by atoms with van der Waals surface area (Å²) in [6.07, 6.45) is 0.204. The molecule has 0 aliphatic rings. The zero-order valence-electron chi connectivity index (χ0n) is 24.9. The zero-order chi connectivity index (χ0) is 32.0. The maximum atomic E-state index is 14.0. The lowest BCUT2D eigenvalue weighted by molar-refractivity contribution is -0.135. The van der Waals surface area contributed by atoms with E-state index in [0.29, 0.717) is 40.2 Å². The van der Waals surface area contributed by atoms with Gasteiger partial charge in [0.15, 0.2) is 0 Å². The number of sulfonamides is 1. The first kappa shape index (κ1) is 32.2. The highest BCUT2D eigenvalue weighted by atomic mass is 32.2. The van der Waals surface area contributed by atoms with Crippen molar-refractivity contribution in [2.75, 3.05) is 37.0 Å². The predicted octanol–water partition coefficient (Wildman–Crippen LogP) is 3.40. The highest BCUT2D eigenvalue weighted by molar-refractivity contribution is 7.92. The van der Waals surface area contributed by atoms with Gasteiger partial charge in [-0.1, -0.05) is 56.3 Å². The molecule has 1 aromatic heterocycles. The summed E-state index contributed by atoms with van der Waals surface area (Å²) in [4.78, 5) is 31.6. The van der Waals surface area contributed by atoms with Crippen LogP contribution in [0.25, 0.3) is 11.0 Å². The molecule has 0 aliphatic carbocycles. The van der Waals surface area contributed by atoms with E-state index in [1.54, 1.807) is 73.7 Å². The number of likely N-dealkylation sites (N-methyl/N-ethyl adjacent to an activating group) is 1. The van der Waals surface area contributed by atoms with Gasteiger partial charge in [0.2, 0.25) is 0 Å². The monoisotopic (exact) mass is 619 g/mol. The summed E-state index contributed by atoms with van der Waals surface area (Å²) in [6.45, 7) is 7.45. The molecule has 232 valence electrons. The van der Waals surface area contributed by atoms with E-state index in [0.717, 1.165) is 18.7 Å². The van der Waals surface area contributed by atoms with Crippen molar-refractivity contribution >= 4 is 44.6 Å². The first-order chi connectivity index (χ1) is 21.0. The van der Waals surface area contributed by atoms with Gasteiger partial charge in [-0.25, -0.2) is 22.8 Å². The van der Waals surface area contributed by atoms with Crippen molar-refractivity contribution in [1.82, 2.24) is 19.8 Å². The molecule has 0 spiro atoms. The van der Waals surface area contributed by atoms with Gasteiger partial charge in [0.25, 0.3) is 10.0 Å². The molecule has 4 rings (SSSR count). The van der Waals surface area contributed by atoms with Gasteiger partial charge in [0.1, 0.15) is 18.2 Å². The summed E-state index contributed by atoms with van der Waals surface area (Å²) < 4.78 is 30.7. The molecule has 1 amide bonds. The van der Waals surface area contributed by atoms with E-state index < -0.39 is 28.6 Å². The van der Waals surface area contributed by atoms with Gasteiger partial charge in [-0.3, -0.25) is 14.5 Å². The van der Waals surface area contributed by atoms with Gasteiger partial charge < -0.3 is 21.1 Å². The van der Waals surface area contributed by atoms with Crippen molar-refractivity contribution < 1.29 is 23.1 Å². The van der Waals surface area contributed by atoms with Crippen LogP contribution in [0.5, 0.6) is 0 Å². The third-order valence-electron chi connectivity index (χ3n) is 7.46. The Hall–Kier alpha value is -4.75. The number of aryl methyl sites for hydroxylation is 1. The second-order valence-corrected chi connectivity index (χ2v) is 12.1. The number of carbonyl (C=O) groups is 2. The Labute approximate surface area is 256 Å². The van der Waals surface area contributed by atoms with E-state index >= 15 is 0 Å². The number of amidine groups is 1. The van der Waals surface area contributed by atoms with Crippen LogP contribution in [0.3, 0.4) is 0 Å². The van der Waals surface area contributed by atoms with Crippen LogP contribution in [-0.2, 0) is 21.2 Å². The fourth-order valence-corrected chi connectivity index (χ4v) is 6.54. The summed E-state index contributed by atoms with van der Waals surface area (Å²) >= 11 is 0. The van der Waals surface area contributed by atoms with E-state index in [1.165, 1.54) is 8.87 Å². The van der Waals surface area contributed by atoms with E-state index in [2.05, 4.69) is 10.2 Å². The second-order valence-electron chi connectivity index (χ2n) is 10.2. The second kappa shape index (κ2) is 13.7. The van der Waals surface area contributed by atoms with Crippen molar-refractivity contribution in [3.05, 3.63) is 89.2 Å². The number of aliphatic carboxylic acids is 1. The van der Waals surface area contributed by atoms with E-state index in [-0.39, 0.29) is 23.7 Å². The fraction of sp³-hybridized carbons (Fsp3) is 0.290. The fourth-order valence-electron chi connectivity index (χ4n) is 5.01. The van der Waals surface area contributed by atoms with Gasteiger partial charge in [-0.05, 0) is 49.8 Å². The highest BCUT2D eigenvalue weighted by Crippen LogP contribution is 2.33. The molecule has 44 heavy (non-hydrogen) atoms. The van der Waals surface area contributed by atoms with Crippen molar-refractivity contribution in [2.45, 2.75) is 32.1 Å². The third-order valence-corrected chi connectivity index (χ3v) is 9.28. The number of amides is 1. The average molecular weight is 620 g/mol. The number of benzene rings is 3. The van der Waals surface area contributed by atoms with Gasteiger partial charge in [0, 0.05) is 30.6 Å². The van der Waals surface area contributed by atoms with Crippen LogP contribution in [-0.4, -0.2) is 78.5 Å². The minimum absolute atomic E-state index is 0.0732. The van der Waals surface area contributed by atoms with Crippen LogP contribution < -0.4 is 15.4 Å². The maximum Gasteiger partial charge on any atom is 0.328 e. The predicted molar refractivity (Wildman–Crippen MR) is 170 cm³/mol. The number of carboxylic acid groups (broad SMARTS) is 1. The Bertz CT molecular complexity index is 1770. The molecule has 4 aromatic rings. The molecule has 5 N–H and O–H groups in total. The standard InChI is InChI=1S/C31H37N7O5S/c1-4-36(5-2)17-18-37(44(42,43)24-9-7-6-8-10-24)25-15-16-26-29(21(25)3)35-27(38(26)31(41)34-20-28(39)40)19-22-11-13-23(14-12-22)30(32)33/h6-16H,4-5,17-20H2,1-3H3,(H3,32,33)(H,34,41)(H,39,40). The maximum absolute atomic E-state index is 14.0. The summed E-state index contributed by atoms with van der Waals surface area (Å²) in [5.41, 5.74) is 8.72. The average Bonchev–Trinajstić information content (AvgIpc) is 3.38. The number of rotatable bonds is 13. The lowest BCUT2D eigenvalue weighted by atomic mass is 10.1. The van der Waals surface area contributed by atoms with E-state index in [1.807, 2.05) is 13.8 Å². The summed E-state index contributed by atoms with van der Waals surface area (Å²) in [5, 5.41) is 19.2. The van der Waals surface area contributed by atoms with Crippen molar-refractivity contribution in [3.63, 3.8) is 0 Å². The van der Waals surface area contributed by atoms with Gasteiger partial charge in [0.05, 0.1) is 21.6 Å². The van der Waals surface area contributed by atoms with Crippen LogP contribution in [0.2, 0.25) is 0 Å². The number of nitrogens with one attached hydrogen (secondary N) is 2. The highest BCUT2D eigenvalue weighted by Gasteiger charge is 2.29. The Balaban J connectivity index is 1.85. The summed E-state index contributed by atoms with van der Waals surface area (Å²) in [7, 11) is -3.95. The molecule has 0 bridgehead atoms. The number of carbonyl (C=O) groups excluding carboxylic acids is 1. The topological polar surface area (TPSA) is 175 Å². The number of nitrogen functional groups attached to an aromatic ring is 1. The molecular formula is C31H37N7O5S. The molecule has 0 saturated carbocycles. The number of hydrogen-bond acceptors (Lipinski definition) is 7. The summed E-state index contributed by atoms with van der Waals surface area (Å²) in [5.74, 6) is -0.937. The number of anilines is 1. The van der Waals surface area contributed by atoms with Crippen molar-refractivity contribution in [2.24, 2.45) is 5.73 Å². The number of aromatic nitrogens is 2. The van der Waals surface area contributed by atoms with E-state index in [9.17, 15) is 18.0 Å². The minimum Gasteiger partial charge on any atom is -0.480 e. The van der Waals surface area contributed by atoms with Crippen LogP contribution in [0.1, 0.15) is 36.4 Å². The molecule has 0 unspecified atom stereocenters. The van der Waals surface area contributed by atoms with Crippen LogP contribution in [0, 0.1) is 12.3 Å². The van der Waals surface area contributed by atoms with Crippen LogP contribution in [0.15, 0.2) is 71.6 Å².